The number of carbonyl (C=O) groups is 2. The quantitative estimate of drug-likeness (QED) is 0.463. The van der Waals surface area contributed by atoms with E-state index in [1.54, 1.807) is 0 Å². The standard InChI is InChI=1S/C19H26Cl6N2O2/c1-15(2,3)26-10(28)8-7-9-11(14(29)27-16(4,5)6)18(23)13(21)12(20)17(9,22)19(18,24)25/h9,11H,7-8H2,1-6H3,(H,26,28)(H,27,29)/t9-,11-,17-,18-/m0/s1. The lowest BCUT2D eigenvalue weighted by atomic mass is 9.78. The normalized spacial score (nSPS) is 33.8. The molecule has 2 amide bonds. The maximum atomic E-state index is 13.2. The number of rotatable bonds is 4. The van der Waals surface area contributed by atoms with Gasteiger partial charge in [-0.3, -0.25) is 9.59 Å². The molecule has 4 atom stereocenters. The number of carbonyl (C=O) groups excluding carboxylic acids is 2. The van der Waals surface area contributed by atoms with Crippen molar-refractivity contribution in [2.24, 2.45) is 11.8 Å². The van der Waals surface area contributed by atoms with Crippen molar-refractivity contribution in [3.63, 3.8) is 0 Å². The molecule has 0 aromatic rings. The van der Waals surface area contributed by atoms with E-state index in [0.29, 0.717) is 0 Å². The van der Waals surface area contributed by atoms with Gasteiger partial charge in [0.25, 0.3) is 0 Å². The van der Waals surface area contributed by atoms with Crippen LogP contribution in [0.1, 0.15) is 54.4 Å². The molecule has 0 aliphatic heterocycles. The van der Waals surface area contributed by atoms with Gasteiger partial charge < -0.3 is 10.6 Å². The SMILES string of the molecule is CC(C)(C)NC(=O)CC[C@H]1[C@@H](C(=O)NC(C)(C)C)[C@]2(Cl)C(Cl)=C(Cl)[C@]1(Cl)C2(Cl)Cl. The van der Waals surface area contributed by atoms with Crippen LogP contribution in [0.4, 0.5) is 0 Å². The molecule has 0 heterocycles. The lowest BCUT2D eigenvalue weighted by molar-refractivity contribution is -0.129. The number of nitrogens with one attached hydrogen (secondary N) is 2. The molecule has 0 saturated heterocycles. The maximum absolute atomic E-state index is 13.2. The summed E-state index contributed by atoms with van der Waals surface area (Å²) in [6.45, 7) is 11.1. The van der Waals surface area contributed by atoms with Gasteiger partial charge in [0.05, 0.1) is 16.0 Å². The van der Waals surface area contributed by atoms with E-state index in [0.717, 1.165) is 0 Å². The van der Waals surface area contributed by atoms with Gasteiger partial charge in [0.2, 0.25) is 11.8 Å². The highest BCUT2D eigenvalue weighted by Crippen LogP contribution is 2.76. The number of fused-ring (bicyclic) bond motifs is 2. The van der Waals surface area contributed by atoms with Crippen LogP contribution in [0, 0.1) is 11.8 Å². The smallest absolute Gasteiger partial charge is 0.226 e. The fraction of sp³-hybridized carbons (Fsp3) is 0.789. The van der Waals surface area contributed by atoms with Gasteiger partial charge in [-0.25, -0.2) is 0 Å². The lowest BCUT2D eigenvalue weighted by Gasteiger charge is -2.37. The van der Waals surface area contributed by atoms with Gasteiger partial charge in [-0.2, -0.15) is 0 Å². The summed E-state index contributed by atoms with van der Waals surface area (Å²) in [7, 11) is 0. The summed E-state index contributed by atoms with van der Waals surface area (Å²) < 4.78 is -1.84. The molecular weight excluding hydrogens is 501 g/mol. The highest BCUT2D eigenvalue weighted by molar-refractivity contribution is 6.66. The van der Waals surface area contributed by atoms with Crippen LogP contribution in [-0.4, -0.2) is 37.0 Å². The van der Waals surface area contributed by atoms with Crippen molar-refractivity contribution in [1.29, 1.82) is 0 Å². The van der Waals surface area contributed by atoms with Crippen molar-refractivity contribution < 1.29 is 9.59 Å². The number of hydrogen-bond acceptors (Lipinski definition) is 2. The lowest BCUT2D eigenvalue weighted by Crippen LogP contribution is -2.52. The zero-order valence-corrected chi connectivity index (χ0v) is 21.7. The minimum Gasteiger partial charge on any atom is -0.352 e. The Balaban J connectivity index is 2.46. The molecule has 166 valence electrons. The van der Waals surface area contributed by atoms with E-state index in [2.05, 4.69) is 10.6 Å². The topological polar surface area (TPSA) is 58.2 Å². The summed E-state index contributed by atoms with van der Waals surface area (Å²) in [4.78, 5) is 22.3. The average molecular weight is 527 g/mol. The molecule has 0 aromatic carbocycles. The zero-order valence-electron chi connectivity index (χ0n) is 17.2. The van der Waals surface area contributed by atoms with Gasteiger partial charge in [-0.1, -0.05) is 46.4 Å². The highest BCUT2D eigenvalue weighted by Gasteiger charge is 2.83. The molecule has 2 N–H and O–H groups in total. The van der Waals surface area contributed by atoms with Gasteiger partial charge in [0, 0.05) is 23.4 Å². The fourth-order valence-corrected chi connectivity index (χ4v) is 7.08. The molecule has 0 aromatic heterocycles. The Labute approximate surface area is 202 Å². The number of alkyl halides is 4. The first-order valence-corrected chi connectivity index (χ1v) is 11.5. The zero-order chi connectivity index (χ0) is 22.8. The molecule has 0 spiro atoms. The maximum Gasteiger partial charge on any atom is 0.226 e. The Hall–Kier alpha value is 0.420. The van der Waals surface area contributed by atoms with Gasteiger partial charge in [0.1, 0.15) is 9.75 Å². The number of hydrogen-bond donors (Lipinski definition) is 2. The number of halogens is 6. The molecule has 1 fully saturated rings. The molecule has 2 aliphatic rings. The molecule has 4 nitrogen and oxygen atoms in total. The molecule has 0 unspecified atom stereocenters. The summed E-state index contributed by atoms with van der Waals surface area (Å²) in [5, 5.41) is 5.75. The van der Waals surface area contributed by atoms with Gasteiger partial charge in [-0.15, -0.1) is 23.2 Å². The van der Waals surface area contributed by atoms with Crippen LogP contribution in [0.3, 0.4) is 0 Å². The van der Waals surface area contributed by atoms with Crippen LogP contribution in [-0.2, 0) is 9.59 Å². The molecule has 2 aliphatic carbocycles. The Kier molecular flexibility index (Phi) is 6.89. The third-order valence-electron chi connectivity index (χ3n) is 5.06. The molecule has 1 saturated carbocycles. The summed E-state index contributed by atoms with van der Waals surface area (Å²) >= 11 is 39.8. The third-order valence-corrected chi connectivity index (χ3v) is 9.37. The second kappa shape index (κ2) is 7.78. The van der Waals surface area contributed by atoms with Gasteiger partial charge in [-0.05, 0) is 48.0 Å². The van der Waals surface area contributed by atoms with E-state index in [-0.39, 0.29) is 28.8 Å². The van der Waals surface area contributed by atoms with Crippen LogP contribution in [0.15, 0.2) is 10.1 Å². The number of amides is 2. The van der Waals surface area contributed by atoms with Crippen molar-refractivity contribution in [2.75, 3.05) is 0 Å². The van der Waals surface area contributed by atoms with Crippen LogP contribution in [0.2, 0.25) is 0 Å². The van der Waals surface area contributed by atoms with Crippen LogP contribution >= 0.6 is 69.6 Å². The van der Waals surface area contributed by atoms with Crippen LogP contribution < -0.4 is 10.6 Å². The van der Waals surface area contributed by atoms with Crippen molar-refractivity contribution in [3.05, 3.63) is 10.1 Å². The Morgan fingerprint density at radius 1 is 0.862 bits per heavy atom. The van der Waals surface area contributed by atoms with Crippen molar-refractivity contribution in [2.45, 2.75) is 79.5 Å². The van der Waals surface area contributed by atoms with E-state index in [1.165, 1.54) is 0 Å². The first kappa shape index (κ1) is 25.7. The average Bonchev–Trinajstić information content (AvgIpc) is 2.69. The van der Waals surface area contributed by atoms with E-state index in [9.17, 15) is 9.59 Å². The van der Waals surface area contributed by atoms with Gasteiger partial charge in [0.15, 0.2) is 4.33 Å². The monoisotopic (exact) mass is 524 g/mol. The second-order valence-electron chi connectivity index (χ2n) is 9.79. The molecular formula is C19H26Cl6N2O2. The molecule has 29 heavy (non-hydrogen) atoms. The van der Waals surface area contributed by atoms with E-state index in [1.807, 2.05) is 41.5 Å². The van der Waals surface area contributed by atoms with E-state index < -0.39 is 42.9 Å². The summed E-state index contributed by atoms with van der Waals surface area (Å²) in [5.74, 6) is -2.28. The molecule has 2 bridgehead atoms. The Morgan fingerprint density at radius 3 is 1.76 bits per heavy atom. The van der Waals surface area contributed by atoms with E-state index in [4.69, 9.17) is 69.6 Å². The third kappa shape index (κ3) is 4.12. The number of allylic oxidation sites excluding steroid dienone is 2. The van der Waals surface area contributed by atoms with E-state index >= 15 is 0 Å². The van der Waals surface area contributed by atoms with Crippen LogP contribution in [0.25, 0.3) is 0 Å². The minimum atomic E-state index is -1.84. The van der Waals surface area contributed by atoms with Crippen molar-refractivity contribution >= 4 is 81.4 Å². The molecule has 0 radical (unpaired) electrons. The minimum absolute atomic E-state index is 0.0156. The summed E-state index contributed by atoms with van der Waals surface area (Å²) in [5.41, 5.74) is -0.939. The predicted molar refractivity (Wildman–Crippen MR) is 122 cm³/mol. The highest BCUT2D eigenvalue weighted by atomic mass is 35.5. The second-order valence-corrected chi connectivity index (χ2v) is 13.1. The first-order valence-electron chi connectivity index (χ1n) is 9.25. The Morgan fingerprint density at radius 2 is 1.31 bits per heavy atom. The largest absolute Gasteiger partial charge is 0.352 e. The summed E-state index contributed by atoms with van der Waals surface area (Å²) in [6, 6.07) is 0. The van der Waals surface area contributed by atoms with Crippen molar-refractivity contribution in [1.82, 2.24) is 10.6 Å². The van der Waals surface area contributed by atoms with Crippen molar-refractivity contribution in [3.8, 4) is 0 Å². The first-order chi connectivity index (χ1) is 12.8. The molecule has 2 rings (SSSR count). The summed E-state index contributed by atoms with van der Waals surface area (Å²) in [6.07, 6.45) is 0.290. The van der Waals surface area contributed by atoms with Crippen LogP contribution in [0.5, 0.6) is 0 Å². The Bertz CT molecular complexity index is 755. The predicted octanol–water partition coefficient (Wildman–Crippen LogP) is 5.67. The fourth-order valence-electron chi connectivity index (χ4n) is 4.04. The van der Waals surface area contributed by atoms with Gasteiger partial charge >= 0.3 is 0 Å². The molecule has 10 heteroatoms.